The first-order chi connectivity index (χ1) is 23.6. The third-order valence-electron chi connectivity index (χ3n) is 9.24. The number of aryl methyl sites for hydroxylation is 4. The Morgan fingerprint density at radius 1 is 0.500 bits per heavy atom. The number of fused-ring (bicyclic) bond motifs is 4. The van der Waals surface area contributed by atoms with E-state index in [1.807, 2.05) is 22.7 Å². The standard InChI is InChI=1S/C34H34N8S6/c1-5-7-9-11-13-19-15-21(23-29-25(35-45-39-29)17(3)26-30(23)40-46-36-26)43-33(19)34-20(14-12-10-8-6-2)16-22(44-34)24-31-27(37-47-41-31)18(4)28-32(24)42-48-38-28/h15-16H,5-14H2,1-4H3. The summed E-state index contributed by atoms with van der Waals surface area (Å²) in [5, 5.41) is 0. The molecule has 0 amide bonds. The first-order valence-corrected chi connectivity index (χ1v) is 21.1. The summed E-state index contributed by atoms with van der Waals surface area (Å²) in [6.45, 7) is 8.73. The topological polar surface area (TPSA) is 101 Å². The minimum absolute atomic E-state index is 0.936. The molecule has 6 heterocycles. The highest BCUT2D eigenvalue weighted by atomic mass is 32.1. The molecule has 2 aliphatic heterocycles. The molecule has 0 spiro atoms. The van der Waals surface area contributed by atoms with Crippen molar-refractivity contribution in [1.82, 2.24) is 17.5 Å². The molecule has 0 bridgehead atoms. The third kappa shape index (κ3) is 5.58. The van der Waals surface area contributed by atoms with E-state index in [1.165, 1.54) is 128 Å². The minimum Gasteiger partial charge on any atom is -0.173 e. The molecular formula is C34H34N8S6. The van der Waals surface area contributed by atoms with Crippen LogP contribution in [-0.2, 0) is 35.6 Å². The fraction of sp³-hybridized carbons (Fsp3) is 0.412. The molecule has 14 heteroatoms. The van der Waals surface area contributed by atoms with E-state index in [0.29, 0.717) is 0 Å². The summed E-state index contributed by atoms with van der Waals surface area (Å²) in [6.07, 6.45) is 11.9. The molecule has 2 aromatic carbocycles. The lowest BCUT2D eigenvalue weighted by atomic mass is 9.99. The van der Waals surface area contributed by atoms with Gasteiger partial charge in [-0.05, 0) is 62.8 Å². The maximum absolute atomic E-state index is 4.81. The summed E-state index contributed by atoms with van der Waals surface area (Å²) in [4.78, 5) is 5.13. The van der Waals surface area contributed by atoms with Crippen molar-refractivity contribution in [3.8, 4) is 30.6 Å². The lowest BCUT2D eigenvalue weighted by Crippen LogP contribution is -1.89. The van der Waals surface area contributed by atoms with Gasteiger partial charge in [-0.1, -0.05) is 52.4 Å². The maximum atomic E-state index is 4.81. The van der Waals surface area contributed by atoms with Gasteiger partial charge in [-0.3, -0.25) is 0 Å². The van der Waals surface area contributed by atoms with Crippen LogP contribution in [-0.4, -0.2) is 17.5 Å². The highest BCUT2D eigenvalue weighted by molar-refractivity contribution is 7.58. The zero-order valence-corrected chi connectivity index (χ0v) is 32.2. The van der Waals surface area contributed by atoms with Gasteiger partial charge in [-0.25, -0.2) is 0 Å². The van der Waals surface area contributed by atoms with Crippen LogP contribution in [0.15, 0.2) is 29.6 Å². The van der Waals surface area contributed by atoms with Crippen molar-refractivity contribution in [1.29, 1.82) is 0 Å². The maximum Gasteiger partial charge on any atom is 0.116 e. The molecule has 0 saturated carbocycles. The second-order valence-corrected chi connectivity index (χ2v) is 16.6. The quantitative estimate of drug-likeness (QED) is 0.110. The average molecular weight is 747 g/mol. The zero-order chi connectivity index (χ0) is 32.8. The number of aromatic nitrogens is 4. The van der Waals surface area contributed by atoms with Crippen molar-refractivity contribution in [3.63, 3.8) is 0 Å². The molecule has 246 valence electrons. The first kappa shape index (κ1) is 32.3. The number of rotatable bonds is 13. The van der Waals surface area contributed by atoms with E-state index in [0.717, 1.165) is 79.9 Å². The van der Waals surface area contributed by atoms with Crippen LogP contribution in [0.5, 0.6) is 0 Å². The van der Waals surface area contributed by atoms with Crippen LogP contribution >= 0.6 is 46.1 Å². The smallest absolute Gasteiger partial charge is 0.116 e. The molecule has 8 nitrogen and oxygen atoms in total. The van der Waals surface area contributed by atoms with Gasteiger partial charge in [-0.2, -0.15) is 34.9 Å². The Morgan fingerprint density at radius 3 is 1.35 bits per heavy atom. The number of benzene rings is 2. The van der Waals surface area contributed by atoms with E-state index < -0.39 is 0 Å². The molecule has 0 atom stereocenters. The molecular weight excluding hydrogens is 713 g/mol. The molecule has 48 heavy (non-hydrogen) atoms. The van der Waals surface area contributed by atoms with Gasteiger partial charge in [0.05, 0.1) is 46.2 Å². The molecule has 6 aromatic rings. The molecule has 0 saturated heterocycles. The number of hydrogen-bond donors (Lipinski definition) is 0. The van der Waals surface area contributed by atoms with Crippen molar-refractivity contribution >= 4 is 114 Å². The van der Waals surface area contributed by atoms with Crippen molar-refractivity contribution < 1.29 is 0 Å². The third-order valence-corrected chi connectivity index (χ3v) is 13.9. The Labute approximate surface area is 303 Å². The molecule has 2 aliphatic rings. The largest absolute Gasteiger partial charge is 0.173 e. The molecule has 0 radical (unpaired) electrons. The Hall–Kier alpha value is -2.88. The van der Waals surface area contributed by atoms with E-state index in [4.69, 9.17) is 34.9 Å². The van der Waals surface area contributed by atoms with Crippen molar-refractivity contribution in [2.24, 2.45) is 17.5 Å². The van der Waals surface area contributed by atoms with Crippen molar-refractivity contribution in [2.45, 2.75) is 91.9 Å². The molecule has 0 fully saturated rings. The van der Waals surface area contributed by atoms with Crippen molar-refractivity contribution in [3.05, 3.63) is 34.4 Å². The summed E-state index contributed by atoms with van der Waals surface area (Å²) in [7, 11) is 0. The van der Waals surface area contributed by atoms with Gasteiger partial charge in [0.2, 0.25) is 0 Å². The predicted molar refractivity (Wildman–Crippen MR) is 209 cm³/mol. The summed E-state index contributed by atoms with van der Waals surface area (Å²) in [5.41, 5.74) is 14.6. The second kappa shape index (κ2) is 13.8. The van der Waals surface area contributed by atoms with Crippen LogP contribution < -0.4 is 0 Å². The summed E-state index contributed by atoms with van der Waals surface area (Å²) in [5.74, 6) is 0. The second-order valence-electron chi connectivity index (χ2n) is 12.4. The number of nitrogens with zero attached hydrogens (tertiary/aromatic N) is 8. The van der Waals surface area contributed by atoms with Crippen LogP contribution in [0.1, 0.15) is 87.5 Å². The number of unbranched alkanes of at least 4 members (excludes halogenated alkanes) is 6. The highest BCUT2D eigenvalue weighted by Crippen LogP contribution is 2.55. The normalized spacial score (nSPS) is 13.2. The van der Waals surface area contributed by atoms with E-state index >= 15 is 0 Å². The van der Waals surface area contributed by atoms with E-state index in [1.54, 1.807) is 0 Å². The van der Waals surface area contributed by atoms with Gasteiger partial charge < -0.3 is 0 Å². The highest BCUT2D eigenvalue weighted by Gasteiger charge is 2.29. The summed E-state index contributed by atoms with van der Waals surface area (Å²) in [6, 6.07) is 4.84. The Morgan fingerprint density at radius 2 is 0.917 bits per heavy atom. The van der Waals surface area contributed by atoms with Crippen LogP contribution in [0.2, 0.25) is 0 Å². The van der Waals surface area contributed by atoms with E-state index in [2.05, 4.69) is 39.8 Å². The van der Waals surface area contributed by atoms with Gasteiger partial charge in [0, 0.05) is 41.8 Å². The molecule has 0 unspecified atom stereocenters. The predicted octanol–water partition coefficient (Wildman–Crippen LogP) is 13.1. The van der Waals surface area contributed by atoms with Crippen LogP contribution in [0.25, 0.3) is 52.7 Å². The Kier molecular flexibility index (Phi) is 9.29. The van der Waals surface area contributed by atoms with Gasteiger partial charge in [0.25, 0.3) is 0 Å². The van der Waals surface area contributed by atoms with Crippen LogP contribution in [0.3, 0.4) is 0 Å². The van der Waals surface area contributed by atoms with Crippen LogP contribution in [0, 0.1) is 13.8 Å². The first-order valence-electron chi connectivity index (χ1n) is 16.6. The van der Waals surface area contributed by atoms with Crippen molar-refractivity contribution in [2.75, 3.05) is 0 Å². The average Bonchev–Trinajstić information content (AvgIpc) is 3.94. The number of hydrogen-bond acceptors (Lipinski definition) is 12. The molecule has 0 aliphatic carbocycles. The zero-order valence-electron chi connectivity index (χ0n) is 27.3. The van der Waals surface area contributed by atoms with Gasteiger partial charge in [0.1, 0.15) is 44.8 Å². The Bertz CT molecular complexity index is 2180. The fourth-order valence-electron chi connectivity index (χ4n) is 6.65. The fourth-order valence-corrected chi connectivity index (χ4v) is 11.8. The minimum atomic E-state index is 0.936. The lowest BCUT2D eigenvalue weighted by molar-refractivity contribution is 0.666. The van der Waals surface area contributed by atoms with Gasteiger partial charge >= 0.3 is 0 Å². The molecule has 0 N–H and O–H groups in total. The summed E-state index contributed by atoms with van der Waals surface area (Å²) >= 11 is 8.85. The van der Waals surface area contributed by atoms with Crippen LogP contribution in [0.4, 0.5) is 22.7 Å². The SMILES string of the molecule is CCCCCCc1cc(-c2c3c(c(C)c4nsnc24)N=S=N3)sc1-c1sc(-c2c3c(c(C)c4nsnc24)N=S=N3)cc1CCCCCC. The van der Waals surface area contributed by atoms with Gasteiger partial charge in [0.15, 0.2) is 0 Å². The molecule has 8 rings (SSSR count). The van der Waals surface area contributed by atoms with E-state index in [9.17, 15) is 0 Å². The number of thiophene rings is 2. The lowest BCUT2D eigenvalue weighted by Gasteiger charge is -2.07. The summed E-state index contributed by atoms with van der Waals surface area (Å²) < 4.78 is 38.0. The van der Waals surface area contributed by atoms with Gasteiger partial charge in [-0.15, -0.1) is 22.7 Å². The Balaban J connectivity index is 1.32. The van der Waals surface area contributed by atoms with E-state index in [-0.39, 0.29) is 0 Å². The molecule has 4 aromatic heterocycles. The monoisotopic (exact) mass is 746 g/mol.